The lowest BCUT2D eigenvalue weighted by atomic mass is 10.1. The summed E-state index contributed by atoms with van der Waals surface area (Å²) in [6, 6.07) is 13.2. The molecule has 0 aliphatic rings. The fraction of sp³-hybridized carbons (Fsp3) is 0.227. The van der Waals surface area contributed by atoms with E-state index in [2.05, 4.69) is 52.1 Å². The van der Waals surface area contributed by atoms with Crippen LogP contribution in [0.4, 0.5) is 10.5 Å². The molecule has 2 aromatic carbocycles. The van der Waals surface area contributed by atoms with Crippen LogP contribution < -0.4 is 16.0 Å². The quantitative estimate of drug-likeness (QED) is 0.573. The minimum absolute atomic E-state index is 0.155. The standard InChI is InChI=1S/C22H24N4O2S/c1-14-4-6-16(7-5-14)21-25-18(13-29-21)10-11-24-22(28)26-19-9-8-17(12-15(19)2)20(27)23-3/h4-9,12-13H,10-11H2,1-3H3,(H,23,27)(H2,24,26,28). The number of rotatable bonds is 6. The Morgan fingerprint density at radius 2 is 1.83 bits per heavy atom. The van der Waals surface area contributed by atoms with E-state index in [1.165, 1.54) is 5.56 Å². The van der Waals surface area contributed by atoms with Gasteiger partial charge in [0.05, 0.1) is 5.69 Å². The molecule has 0 bridgehead atoms. The Bertz CT molecular complexity index is 1010. The molecule has 0 aliphatic heterocycles. The van der Waals surface area contributed by atoms with Gasteiger partial charge in [-0.2, -0.15) is 0 Å². The highest BCUT2D eigenvalue weighted by Crippen LogP contribution is 2.24. The number of carbonyl (C=O) groups is 2. The molecule has 7 heteroatoms. The number of thiazole rings is 1. The van der Waals surface area contributed by atoms with Gasteiger partial charge in [0.25, 0.3) is 5.91 Å². The fourth-order valence-corrected chi connectivity index (χ4v) is 3.67. The number of amides is 3. The van der Waals surface area contributed by atoms with Crippen LogP contribution in [-0.2, 0) is 6.42 Å². The van der Waals surface area contributed by atoms with Crippen LogP contribution in [0.15, 0.2) is 47.8 Å². The lowest BCUT2D eigenvalue weighted by Crippen LogP contribution is -2.30. The second-order valence-corrected chi connectivity index (χ2v) is 7.61. The smallest absolute Gasteiger partial charge is 0.319 e. The summed E-state index contributed by atoms with van der Waals surface area (Å²) in [4.78, 5) is 28.5. The van der Waals surface area contributed by atoms with Crippen molar-refractivity contribution in [1.82, 2.24) is 15.6 Å². The number of aromatic nitrogens is 1. The fourth-order valence-electron chi connectivity index (χ4n) is 2.81. The molecule has 0 saturated carbocycles. The van der Waals surface area contributed by atoms with E-state index >= 15 is 0 Å². The van der Waals surface area contributed by atoms with Crippen molar-refractivity contribution in [2.24, 2.45) is 0 Å². The Kier molecular flexibility index (Phi) is 6.61. The van der Waals surface area contributed by atoms with Crippen molar-refractivity contribution in [2.75, 3.05) is 18.9 Å². The third-order valence-electron chi connectivity index (χ3n) is 4.48. The number of carbonyl (C=O) groups excluding carboxylic acids is 2. The molecule has 0 unspecified atom stereocenters. The molecule has 0 atom stereocenters. The van der Waals surface area contributed by atoms with Gasteiger partial charge < -0.3 is 16.0 Å². The number of urea groups is 1. The van der Waals surface area contributed by atoms with E-state index in [1.807, 2.05) is 12.3 Å². The number of aryl methyl sites for hydroxylation is 2. The number of anilines is 1. The minimum Gasteiger partial charge on any atom is -0.355 e. The normalized spacial score (nSPS) is 10.4. The topological polar surface area (TPSA) is 83.1 Å². The van der Waals surface area contributed by atoms with Gasteiger partial charge in [-0.15, -0.1) is 11.3 Å². The molecule has 0 fully saturated rings. The molecule has 0 spiro atoms. The molecule has 3 N–H and O–H groups in total. The predicted octanol–water partition coefficient (Wildman–Crippen LogP) is 4.15. The van der Waals surface area contributed by atoms with Gasteiger partial charge in [0.2, 0.25) is 0 Å². The zero-order valence-electron chi connectivity index (χ0n) is 16.7. The van der Waals surface area contributed by atoms with Crippen LogP contribution in [0.2, 0.25) is 0 Å². The van der Waals surface area contributed by atoms with E-state index in [-0.39, 0.29) is 11.9 Å². The van der Waals surface area contributed by atoms with Gasteiger partial charge >= 0.3 is 6.03 Å². The van der Waals surface area contributed by atoms with E-state index < -0.39 is 0 Å². The lowest BCUT2D eigenvalue weighted by molar-refractivity contribution is 0.0963. The highest BCUT2D eigenvalue weighted by molar-refractivity contribution is 7.13. The van der Waals surface area contributed by atoms with Crippen LogP contribution >= 0.6 is 11.3 Å². The van der Waals surface area contributed by atoms with Gasteiger partial charge in [0.15, 0.2) is 0 Å². The highest BCUT2D eigenvalue weighted by Gasteiger charge is 2.09. The summed E-state index contributed by atoms with van der Waals surface area (Å²) in [7, 11) is 1.59. The number of benzene rings is 2. The maximum atomic E-state index is 12.2. The van der Waals surface area contributed by atoms with Gasteiger partial charge in [-0.3, -0.25) is 4.79 Å². The lowest BCUT2D eigenvalue weighted by Gasteiger charge is -2.11. The average molecular weight is 409 g/mol. The zero-order chi connectivity index (χ0) is 20.8. The molecule has 29 heavy (non-hydrogen) atoms. The monoisotopic (exact) mass is 408 g/mol. The van der Waals surface area contributed by atoms with Gasteiger partial charge in [-0.05, 0) is 37.6 Å². The van der Waals surface area contributed by atoms with Crippen LogP contribution in [-0.4, -0.2) is 30.5 Å². The van der Waals surface area contributed by atoms with E-state index in [4.69, 9.17) is 0 Å². The van der Waals surface area contributed by atoms with Crippen molar-refractivity contribution in [3.8, 4) is 10.6 Å². The summed E-state index contributed by atoms with van der Waals surface area (Å²) in [5, 5.41) is 11.3. The number of nitrogens with one attached hydrogen (secondary N) is 3. The summed E-state index contributed by atoms with van der Waals surface area (Å²) in [6.07, 6.45) is 0.657. The van der Waals surface area contributed by atoms with Gasteiger partial charge in [0.1, 0.15) is 5.01 Å². The Hall–Kier alpha value is -3.19. The largest absolute Gasteiger partial charge is 0.355 e. The molecule has 150 valence electrons. The first-order valence-electron chi connectivity index (χ1n) is 9.35. The van der Waals surface area contributed by atoms with Gasteiger partial charge in [-0.1, -0.05) is 29.8 Å². The van der Waals surface area contributed by atoms with Crippen molar-refractivity contribution in [2.45, 2.75) is 20.3 Å². The van der Waals surface area contributed by atoms with Crippen LogP contribution in [0.1, 0.15) is 27.2 Å². The van der Waals surface area contributed by atoms with Gasteiger partial charge in [-0.25, -0.2) is 9.78 Å². The van der Waals surface area contributed by atoms with Crippen molar-refractivity contribution in [3.63, 3.8) is 0 Å². The first-order valence-corrected chi connectivity index (χ1v) is 10.2. The second kappa shape index (κ2) is 9.34. The maximum Gasteiger partial charge on any atom is 0.319 e. The van der Waals surface area contributed by atoms with E-state index in [9.17, 15) is 9.59 Å². The summed E-state index contributed by atoms with van der Waals surface area (Å²) >= 11 is 1.61. The van der Waals surface area contributed by atoms with Crippen molar-refractivity contribution in [3.05, 3.63) is 70.2 Å². The summed E-state index contributed by atoms with van der Waals surface area (Å²) < 4.78 is 0. The first-order chi connectivity index (χ1) is 14.0. The summed E-state index contributed by atoms with van der Waals surface area (Å²) in [6.45, 7) is 4.40. The van der Waals surface area contributed by atoms with Crippen LogP contribution in [0, 0.1) is 13.8 Å². The van der Waals surface area contributed by atoms with Crippen molar-refractivity contribution >= 4 is 29.0 Å². The third kappa shape index (κ3) is 5.42. The predicted molar refractivity (Wildman–Crippen MR) is 118 cm³/mol. The molecule has 0 aliphatic carbocycles. The molecule has 3 aromatic rings. The highest BCUT2D eigenvalue weighted by atomic mass is 32.1. The molecule has 6 nitrogen and oxygen atoms in total. The molecular weight excluding hydrogens is 384 g/mol. The molecule has 1 heterocycles. The van der Waals surface area contributed by atoms with Crippen molar-refractivity contribution in [1.29, 1.82) is 0 Å². The molecule has 0 radical (unpaired) electrons. The SMILES string of the molecule is CNC(=O)c1ccc(NC(=O)NCCc2csc(-c3ccc(C)cc3)n2)c(C)c1. The molecule has 3 rings (SSSR count). The summed E-state index contributed by atoms with van der Waals surface area (Å²) in [5.41, 5.74) is 5.34. The maximum absolute atomic E-state index is 12.2. The Balaban J connectivity index is 1.50. The van der Waals surface area contributed by atoms with E-state index in [1.54, 1.807) is 36.6 Å². The van der Waals surface area contributed by atoms with Crippen LogP contribution in [0.3, 0.4) is 0 Å². The van der Waals surface area contributed by atoms with Crippen molar-refractivity contribution < 1.29 is 9.59 Å². The summed E-state index contributed by atoms with van der Waals surface area (Å²) in [5.74, 6) is -0.155. The minimum atomic E-state index is -0.283. The Labute approximate surface area is 174 Å². The number of hydrogen-bond acceptors (Lipinski definition) is 4. The molecule has 3 amide bonds. The molecular formula is C22H24N4O2S. The second-order valence-electron chi connectivity index (χ2n) is 6.75. The van der Waals surface area contributed by atoms with Crippen LogP contribution in [0.25, 0.3) is 10.6 Å². The molecule has 0 saturated heterocycles. The Morgan fingerprint density at radius 3 is 2.52 bits per heavy atom. The van der Waals surface area contributed by atoms with Crippen LogP contribution in [0.5, 0.6) is 0 Å². The molecule has 1 aromatic heterocycles. The average Bonchev–Trinajstić information content (AvgIpc) is 3.18. The number of hydrogen-bond donors (Lipinski definition) is 3. The first kappa shape index (κ1) is 20.5. The third-order valence-corrected chi connectivity index (χ3v) is 5.42. The van der Waals surface area contributed by atoms with E-state index in [0.29, 0.717) is 24.2 Å². The number of nitrogens with zero attached hydrogens (tertiary/aromatic N) is 1. The van der Waals surface area contributed by atoms with Gasteiger partial charge in [0, 0.05) is 42.2 Å². The van der Waals surface area contributed by atoms with E-state index in [0.717, 1.165) is 21.8 Å². The Morgan fingerprint density at radius 1 is 1.07 bits per heavy atom. The zero-order valence-corrected chi connectivity index (χ0v) is 17.5.